The van der Waals surface area contributed by atoms with Crippen LogP contribution in [-0.2, 0) is 47.3 Å². The first-order valence-corrected chi connectivity index (χ1v) is 43.8. The van der Waals surface area contributed by atoms with Crippen molar-refractivity contribution in [2.24, 2.45) is 0 Å². The van der Waals surface area contributed by atoms with Gasteiger partial charge in [-0.3, -0.25) is 0 Å². The molecule has 592 valence electrons. The van der Waals surface area contributed by atoms with Crippen LogP contribution in [0.15, 0.2) is 364 Å². The van der Waals surface area contributed by atoms with Crippen LogP contribution in [0.5, 0.6) is 46.0 Å². The Morgan fingerprint density at radius 1 is 0.175 bits per heavy atom. The predicted octanol–water partition coefficient (Wildman–Crippen LogP) is 31.0. The van der Waals surface area contributed by atoms with E-state index >= 15 is 0 Å². The standard InChI is InChI=1S/4C27H20O.4C2H6/c1-2-18-10-9-16-24-26(18)28-25-17-8-7-15-23(25)27(24)21-13-5-3-11-19(21)20-12-4-6-14-22(20)27;1-2-18-10-9-17-25-26(18)27(23-15-7-8-16-24(23)28-25)21-13-5-3-11-19(21)20-12-4-6-14-22(20)27;1-2-18-15-16-26-24(17-18)27(23-13-7-8-14-25(23)28-26)21-11-5-3-9-19(21)20-10-4-6-12-22(20)27;1-2-18-15-16-24-26(17-18)28-25-14-8-7-13-23(25)27(24)21-11-5-3-9-19(21)20-10-4-6-12-22(20)27;4*1-2/h4*3-17H,2H2,1H3;4*1-2H3. The lowest BCUT2D eigenvalue weighted by Gasteiger charge is -2.40. The number of fused-ring (bicyclic) bond motifs is 36. The third kappa shape index (κ3) is 11.8. The normalized spacial score (nSPS) is 13.8. The predicted molar refractivity (Wildman–Crippen MR) is 498 cm³/mol. The Hall–Kier alpha value is -13.3. The maximum Gasteiger partial charge on any atom is 0.135 e. The Labute approximate surface area is 710 Å². The summed E-state index contributed by atoms with van der Waals surface area (Å²) < 4.78 is 25.8. The van der Waals surface area contributed by atoms with E-state index in [1.54, 1.807) is 0 Å². The van der Waals surface area contributed by atoms with E-state index < -0.39 is 0 Å². The molecule has 0 N–H and O–H groups in total. The van der Waals surface area contributed by atoms with Crippen molar-refractivity contribution in [2.75, 3.05) is 0 Å². The quantitative estimate of drug-likeness (QED) is 0.176. The van der Waals surface area contributed by atoms with Gasteiger partial charge in [-0.25, -0.2) is 0 Å². The summed E-state index contributed by atoms with van der Waals surface area (Å²) in [7, 11) is 0. The van der Waals surface area contributed by atoms with Crippen LogP contribution in [0.3, 0.4) is 0 Å². The molecule has 0 fully saturated rings. The van der Waals surface area contributed by atoms with Gasteiger partial charge in [0.2, 0.25) is 0 Å². The smallest absolute Gasteiger partial charge is 0.135 e. The third-order valence-electron chi connectivity index (χ3n) is 25.3. The van der Waals surface area contributed by atoms with E-state index in [1.807, 2.05) is 55.4 Å². The van der Waals surface area contributed by atoms with E-state index in [2.05, 4.69) is 392 Å². The number of rotatable bonds is 4. The molecular weight excluding hydrogens is 1460 g/mol. The zero-order chi connectivity index (χ0) is 82.9. The third-order valence-corrected chi connectivity index (χ3v) is 25.3. The first-order chi connectivity index (χ1) is 59.4. The first-order valence-electron chi connectivity index (χ1n) is 43.8. The van der Waals surface area contributed by atoms with Gasteiger partial charge in [0.1, 0.15) is 46.0 Å². The van der Waals surface area contributed by atoms with E-state index in [4.69, 9.17) is 18.9 Å². The summed E-state index contributed by atoms with van der Waals surface area (Å²) in [5, 5.41) is 0. The fourth-order valence-electron chi connectivity index (χ4n) is 20.8. The maximum absolute atomic E-state index is 6.52. The summed E-state index contributed by atoms with van der Waals surface area (Å²) in [6, 6.07) is 131. The van der Waals surface area contributed by atoms with Crippen LogP contribution in [-0.4, -0.2) is 0 Å². The topological polar surface area (TPSA) is 36.9 Å². The van der Waals surface area contributed by atoms with Crippen molar-refractivity contribution in [2.45, 2.75) is 130 Å². The average molecular weight is 1560 g/mol. The Bertz CT molecular complexity index is 6210. The number of hydrogen-bond acceptors (Lipinski definition) is 4. The van der Waals surface area contributed by atoms with Crippen LogP contribution in [0.1, 0.15) is 194 Å². The Morgan fingerprint density at radius 2 is 0.425 bits per heavy atom. The summed E-state index contributed by atoms with van der Waals surface area (Å²) >= 11 is 0. The summed E-state index contributed by atoms with van der Waals surface area (Å²) in [5.41, 5.74) is 35.3. The molecule has 4 heterocycles. The highest BCUT2D eigenvalue weighted by Crippen LogP contribution is 2.67. The molecule has 4 aliphatic carbocycles. The minimum Gasteiger partial charge on any atom is -0.457 e. The Morgan fingerprint density at radius 3 is 0.808 bits per heavy atom. The molecule has 24 rings (SSSR count). The second-order valence-corrected chi connectivity index (χ2v) is 30.4. The lowest BCUT2D eigenvalue weighted by molar-refractivity contribution is 0.431. The molecule has 0 bridgehead atoms. The second kappa shape index (κ2) is 33.3. The monoisotopic (exact) mass is 1560 g/mol. The van der Waals surface area contributed by atoms with Gasteiger partial charge in [0.05, 0.1) is 21.7 Å². The molecule has 16 aromatic carbocycles. The van der Waals surface area contributed by atoms with Crippen molar-refractivity contribution < 1.29 is 18.9 Å². The van der Waals surface area contributed by atoms with Gasteiger partial charge in [0, 0.05) is 44.5 Å². The molecule has 0 unspecified atom stereocenters. The van der Waals surface area contributed by atoms with Crippen molar-refractivity contribution in [3.63, 3.8) is 0 Å². The Balaban J connectivity index is 0.000000111. The van der Waals surface area contributed by atoms with Crippen LogP contribution in [0, 0.1) is 0 Å². The van der Waals surface area contributed by atoms with Gasteiger partial charge in [0.15, 0.2) is 0 Å². The van der Waals surface area contributed by atoms with Crippen LogP contribution >= 0.6 is 0 Å². The van der Waals surface area contributed by atoms with E-state index in [0.717, 1.165) is 71.7 Å². The highest BCUT2D eigenvalue weighted by atomic mass is 16.5. The molecule has 0 radical (unpaired) electrons. The molecule has 4 spiro atoms. The SMILES string of the molecule is CC.CC.CC.CC.CCc1ccc2c(c1)C1(c3ccccc3O2)c2ccccc2-c2ccccc21.CCc1ccc2c(c1)Oc1ccccc1C21c2ccccc2-c2ccccc21.CCc1cccc2c1C1(c3ccccc3O2)c2ccccc2-c2ccccc21.CCc1cccc2c1Oc1ccccc1C21c2ccccc2-c2ccccc21. The molecule has 120 heavy (non-hydrogen) atoms. The number of para-hydroxylation sites is 5. The Kier molecular flexibility index (Phi) is 21.9. The lowest BCUT2D eigenvalue weighted by Crippen LogP contribution is -2.33. The van der Waals surface area contributed by atoms with Crippen LogP contribution in [0.25, 0.3) is 44.5 Å². The van der Waals surface area contributed by atoms with E-state index in [0.29, 0.717) is 0 Å². The van der Waals surface area contributed by atoms with Crippen molar-refractivity contribution in [1.82, 2.24) is 0 Å². The zero-order valence-electron chi connectivity index (χ0n) is 71.1. The van der Waals surface area contributed by atoms with Gasteiger partial charge in [-0.1, -0.05) is 405 Å². The molecule has 0 amide bonds. The molecule has 0 atom stereocenters. The molecule has 4 nitrogen and oxygen atoms in total. The summed E-state index contributed by atoms with van der Waals surface area (Å²) in [6.07, 6.45) is 3.93. The van der Waals surface area contributed by atoms with Crippen molar-refractivity contribution in [3.05, 3.63) is 475 Å². The lowest BCUT2D eigenvalue weighted by atomic mass is 9.64. The first kappa shape index (κ1) is 79.2. The minimum atomic E-state index is -0.331. The molecular formula is C116H104O4. The van der Waals surface area contributed by atoms with E-state index in [9.17, 15) is 0 Å². The van der Waals surface area contributed by atoms with Gasteiger partial charge in [-0.05, 0) is 179 Å². The molecule has 0 saturated carbocycles. The largest absolute Gasteiger partial charge is 0.457 e. The van der Waals surface area contributed by atoms with E-state index in [-0.39, 0.29) is 21.7 Å². The molecule has 0 aromatic heterocycles. The highest BCUT2D eigenvalue weighted by molar-refractivity contribution is 5.93. The second-order valence-electron chi connectivity index (χ2n) is 30.4. The minimum absolute atomic E-state index is 0.329. The molecule has 0 saturated heterocycles. The fourth-order valence-corrected chi connectivity index (χ4v) is 20.8. The maximum atomic E-state index is 6.52. The van der Waals surface area contributed by atoms with Crippen LogP contribution in [0.2, 0.25) is 0 Å². The summed E-state index contributed by atoms with van der Waals surface area (Å²) in [5.74, 6) is 7.75. The van der Waals surface area contributed by atoms with Crippen molar-refractivity contribution in [3.8, 4) is 90.5 Å². The summed E-state index contributed by atoms with van der Waals surface area (Å²) in [6.45, 7) is 24.8. The molecule has 16 aromatic rings. The number of hydrogen-bond donors (Lipinski definition) is 0. The number of benzene rings is 16. The van der Waals surface area contributed by atoms with Gasteiger partial charge < -0.3 is 18.9 Å². The number of ether oxygens (including phenoxy) is 4. The number of aryl methyl sites for hydroxylation is 4. The highest BCUT2D eigenvalue weighted by Gasteiger charge is 2.56. The van der Waals surface area contributed by atoms with Crippen molar-refractivity contribution in [1.29, 1.82) is 0 Å². The van der Waals surface area contributed by atoms with Gasteiger partial charge in [-0.2, -0.15) is 0 Å². The van der Waals surface area contributed by atoms with Crippen LogP contribution in [0.4, 0.5) is 0 Å². The van der Waals surface area contributed by atoms with Crippen molar-refractivity contribution >= 4 is 0 Å². The van der Waals surface area contributed by atoms with Gasteiger partial charge >= 0.3 is 0 Å². The van der Waals surface area contributed by atoms with Crippen LogP contribution < -0.4 is 18.9 Å². The van der Waals surface area contributed by atoms with Gasteiger partial charge in [-0.15, -0.1) is 0 Å². The van der Waals surface area contributed by atoms with E-state index in [1.165, 1.54) is 156 Å². The fraction of sp³-hybridized carbons (Fsp3) is 0.172. The molecule has 4 aliphatic heterocycles. The molecule has 4 heteroatoms. The van der Waals surface area contributed by atoms with Gasteiger partial charge in [0.25, 0.3) is 0 Å². The summed E-state index contributed by atoms with van der Waals surface area (Å²) in [4.78, 5) is 0. The average Bonchev–Trinajstić information content (AvgIpc) is 1.53. The molecule has 8 aliphatic rings. The zero-order valence-corrected chi connectivity index (χ0v) is 71.1.